The smallest absolute Gasteiger partial charge is 0.305 e. The Hall–Kier alpha value is -2.17. The van der Waals surface area contributed by atoms with Crippen LogP contribution in [0.5, 0.6) is 0 Å². The van der Waals surface area contributed by atoms with Crippen LogP contribution in [0.25, 0.3) is 0 Å². The van der Waals surface area contributed by atoms with Crippen LogP contribution in [-0.4, -0.2) is 35.8 Å². The van der Waals surface area contributed by atoms with Crippen molar-refractivity contribution in [3.8, 4) is 0 Å². The Morgan fingerprint density at radius 1 is 1.30 bits per heavy atom. The van der Waals surface area contributed by atoms with Crippen LogP contribution in [0.2, 0.25) is 0 Å². The van der Waals surface area contributed by atoms with Crippen LogP contribution in [0.3, 0.4) is 0 Å². The Kier molecular flexibility index (Phi) is 4.50. The molecule has 2 amide bonds. The van der Waals surface area contributed by atoms with Crippen molar-refractivity contribution in [1.29, 1.82) is 0 Å². The highest BCUT2D eigenvalue weighted by atomic mass is 16.5. The number of benzene rings is 1. The van der Waals surface area contributed by atoms with Gasteiger partial charge in [0, 0.05) is 18.5 Å². The van der Waals surface area contributed by atoms with Crippen LogP contribution in [0.1, 0.15) is 35.7 Å². The molecule has 5 nitrogen and oxygen atoms in total. The fraction of sp³-hybridized carbons (Fsp3) is 0.400. The molecule has 0 saturated heterocycles. The maximum atomic E-state index is 12.2. The van der Waals surface area contributed by atoms with Crippen molar-refractivity contribution in [3.05, 3.63) is 35.4 Å². The van der Waals surface area contributed by atoms with E-state index in [0.717, 1.165) is 5.56 Å². The zero-order valence-corrected chi connectivity index (χ0v) is 11.4. The summed E-state index contributed by atoms with van der Waals surface area (Å²) in [6.45, 7) is 2.34. The van der Waals surface area contributed by atoms with E-state index in [-0.39, 0.29) is 37.2 Å². The molecule has 0 aliphatic carbocycles. The number of rotatable bonds is 5. The molecule has 0 spiro atoms. The summed E-state index contributed by atoms with van der Waals surface area (Å²) in [5.74, 6) is -0.789. The van der Waals surface area contributed by atoms with E-state index in [1.165, 1.54) is 4.90 Å². The number of hydrogen-bond donors (Lipinski definition) is 0. The number of hydrogen-bond acceptors (Lipinski definition) is 4. The third-order valence-electron chi connectivity index (χ3n) is 3.20. The van der Waals surface area contributed by atoms with E-state index in [1.807, 2.05) is 6.07 Å². The molecule has 0 aromatic heterocycles. The molecule has 1 heterocycles. The lowest BCUT2D eigenvalue weighted by Gasteiger charge is -2.26. The molecule has 106 valence electrons. The molecule has 1 aliphatic heterocycles. The van der Waals surface area contributed by atoms with Crippen molar-refractivity contribution < 1.29 is 19.1 Å². The standard InChI is InChI=1S/C15H17NO4/c1-2-20-14(18)8-5-9-16-13(17)10-11-6-3-4-7-12(11)15(16)19/h3-4,6-7H,2,5,8-10H2,1H3. The summed E-state index contributed by atoms with van der Waals surface area (Å²) in [5, 5.41) is 0. The number of amides is 2. The predicted octanol–water partition coefficient (Wildman–Crippen LogP) is 1.55. The second kappa shape index (κ2) is 6.32. The number of esters is 1. The molecule has 0 radical (unpaired) electrons. The number of imide groups is 1. The van der Waals surface area contributed by atoms with E-state index in [2.05, 4.69) is 0 Å². The highest BCUT2D eigenvalue weighted by Gasteiger charge is 2.30. The lowest BCUT2D eigenvalue weighted by Crippen LogP contribution is -2.42. The van der Waals surface area contributed by atoms with Gasteiger partial charge in [-0.05, 0) is 25.0 Å². The maximum Gasteiger partial charge on any atom is 0.305 e. The van der Waals surface area contributed by atoms with Gasteiger partial charge in [-0.2, -0.15) is 0 Å². The second-order valence-corrected chi connectivity index (χ2v) is 4.59. The van der Waals surface area contributed by atoms with Crippen molar-refractivity contribution in [3.63, 3.8) is 0 Å². The molecule has 0 saturated carbocycles. The molecule has 20 heavy (non-hydrogen) atoms. The summed E-state index contributed by atoms with van der Waals surface area (Å²) in [6, 6.07) is 7.11. The first-order valence-corrected chi connectivity index (χ1v) is 6.71. The molecule has 2 rings (SSSR count). The first-order chi connectivity index (χ1) is 9.63. The highest BCUT2D eigenvalue weighted by molar-refractivity contribution is 6.09. The van der Waals surface area contributed by atoms with E-state index < -0.39 is 0 Å². The van der Waals surface area contributed by atoms with E-state index >= 15 is 0 Å². The molecule has 0 fully saturated rings. The number of nitrogens with zero attached hydrogens (tertiary/aromatic N) is 1. The van der Waals surface area contributed by atoms with Gasteiger partial charge < -0.3 is 4.74 Å². The van der Waals surface area contributed by atoms with E-state index in [1.54, 1.807) is 25.1 Å². The average Bonchev–Trinajstić information content (AvgIpc) is 2.43. The molecule has 0 N–H and O–H groups in total. The normalized spacial score (nSPS) is 14.2. The Morgan fingerprint density at radius 3 is 2.80 bits per heavy atom. The molecule has 1 aromatic carbocycles. The van der Waals surface area contributed by atoms with Gasteiger partial charge in [0.15, 0.2) is 0 Å². The van der Waals surface area contributed by atoms with Gasteiger partial charge >= 0.3 is 5.97 Å². The van der Waals surface area contributed by atoms with Crippen LogP contribution in [0.15, 0.2) is 24.3 Å². The predicted molar refractivity (Wildman–Crippen MR) is 72.1 cm³/mol. The van der Waals surface area contributed by atoms with Gasteiger partial charge in [-0.15, -0.1) is 0 Å². The molecule has 1 aliphatic rings. The third kappa shape index (κ3) is 3.04. The van der Waals surface area contributed by atoms with Crippen molar-refractivity contribution in [1.82, 2.24) is 4.90 Å². The topological polar surface area (TPSA) is 63.7 Å². The summed E-state index contributed by atoms with van der Waals surface area (Å²) in [4.78, 5) is 36.6. The third-order valence-corrected chi connectivity index (χ3v) is 3.20. The average molecular weight is 275 g/mol. The fourth-order valence-corrected chi connectivity index (χ4v) is 2.24. The Balaban J connectivity index is 1.98. The second-order valence-electron chi connectivity index (χ2n) is 4.59. The molecular formula is C15H17NO4. The summed E-state index contributed by atoms with van der Waals surface area (Å²) >= 11 is 0. The molecule has 5 heteroatoms. The van der Waals surface area contributed by atoms with Crippen molar-refractivity contribution >= 4 is 17.8 Å². The van der Waals surface area contributed by atoms with Gasteiger partial charge in [0.25, 0.3) is 5.91 Å². The van der Waals surface area contributed by atoms with E-state index in [9.17, 15) is 14.4 Å². The Morgan fingerprint density at radius 2 is 2.05 bits per heavy atom. The summed E-state index contributed by atoms with van der Waals surface area (Å²) in [6.07, 6.45) is 0.881. The van der Waals surface area contributed by atoms with Gasteiger partial charge in [0.05, 0.1) is 13.0 Å². The summed E-state index contributed by atoms with van der Waals surface area (Å²) in [7, 11) is 0. The highest BCUT2D eigenvalue weighted by Crippen LogP contribution is 2.19. The summed E-state index contributed by atoms with van der Waals surface area (Å²) < 4.78 is 4.81. The zero-order chi connectivity index (χ0) is 14.5. The first-order valence-electron chi connectivity index (χ1n) is 6.71. The van der Waals surface area contributed by atoms with Crippen LogP contribution in [0.4, 0.5) is 0 Å². The lowest BCUT2D eigenvalue weighted by molar-refractivity contribution is -0.143. The fourth-order valence-electron chi connectivity index (χ4n) is 2.24. The van der Waals surface area contributed by atoms with E-state index in [4.69, 9.17) is 4.74 Å². The largest absolute Gasteiger partial charge is 0.466 e. The minimum Gasteiger partial charge on any atom is -0.466 e. The van der Waals surface area contributed by atoms with Crippen LogP contribution < -0.4 is 0 Å². The minimum atomic E-state index is -0.301. The van der Waals surface area contributed by atoms with Gasteiger partial charge in [-0.1, -0.05) is 18.2 Å². The molecule has 0 atom stereocenters. The van der Waals surface area contributed by atoms with E-state index in [0.29, 0.717) is 18.6 Å². The molecule has 0 unspecified atom stereocenters. The SMILES string of the molecule is CCOC(=O)CCCN1C(=O)Cc2ccccc2C1=O. The maximum absolute atomic E-state index is 12.2. The number of ether oxygens (including phenoxy) is 1. The zero-order valence-electron chi connectivity index (χ0n) is 11.4. The summed E-state index contributed by atoms with van der Waals surface area (Å²) in [5.41, 5.74) is 1.34. The minimum absolute atomic E-state index is 0.211. The van der Waals surface area contributed by atoms with Crippen molar-refractivity contribution in [2.24, 2.45) is 0 Å². The first kappa shape index (κ1) is 14.2. The van der Waals surface area contributed by atoms with Crippen molar-refractivity contribution in [2.75, 3.05) is 13.2 Å². The number of carbonyl (C=O) groups is 3. The van der Waals surface area contributed by atoms with Gasteiger partial charge in [0.1, 0.15) is 0 Å². The monoisotopic (exact) mass is 275 g/mol. The van der Waals surface area contributed by atoms with Gasteiger partial charge in [-0.25, -0.2) is 0 Å². The van der Waals surface area contributed by atoms with Gasteiger partial charge in [-0.3, -0.25) is 19.3 Å². The van der Waals surface area contributed by atoms with Crippen LogP contribution in [-0.2, 0) is 20.7 Å². The van der Waals surface area contributed by atoms with Gasteiger partial charge in [0.2, 0.25) is 5.91 Å². The molecule has 1 aromatic rings. The number of fused-ring (bicyclic) bond motifs is 1. The van der Waals surface area contributed by atoms with Crippen LogP contribution in [0, 0.1) is 0 Å². The molecule has 0 bridgehead atoms. The molecular weight excluding hydrogens is 258 g/mol. The Labute approximate surface area is 117 Å². The Bertz CT molecular complexity index is 538. The van der Waals surface area contributed by atoms with Crippen LogP contribution >= 0.6 is 0 Å². The van der Waals surface area contributed by atoms with Crippen molar-refractivity contribution in [2.45, 2.75) is 26.2 Å². The number of carbonyl (C=O) groups excluding carboxylic acids is 3. The lowest BCUT2D eigenvalue weighted by atomic mass is 9.98. The quantitative estimate of drug-likeness (QED) is 0.604.